The van der Waals surface area contributed by atoms with E-state index >= 15 is 0 Å². The van der Waals surface area contributed by atoms with Gasteiger partial charge in [-0.2, -0.15) is 0 Å². The van der Waals surface area contributed by atoms with Crippen molar-refractivity contribution in [3.63, 3.8) is 0 Å². The highest BCUT2D eigenvalue weighted by atomic mass is 16.5. The maximum atomic E-state index is 11.6. The fraction of sp³-hybridized carbons (Fsp3) is 0.100. The van der Waals surface area contributed by atoms with E-state index in [2.05, 4.69) is 0 Å². The average Bonchev–Trinajstić information content (AvgIpc) is 2.59. The number of anilines is 1. The predicted octanol–water partition coefficient (Wildman–Crippen LogP) is 0.427. The lowest BCUT2D eigenvalue weighted by molar-refractivity contribution is -0.255. The lowest BCUT2D eigenvalue weighted by atomic mass is 9.74. The van der Waals surface area contributed by atoms with Crippen molar-refractivity contribution in [2.24, 2.45) is 5.92 Å². The molecule has 0 spiro atoms. The van der Waals surface area contributed by atoms with Crippen LogP contribution in [0.5, 0.6) is 5.75 Å². The van der Waals surface area contributed by atoms with Crippen LogP contribution in [0.4, 0.5) is 5.69 Å². The number of hydrogen-bond acceptors (Lipinski definition) is 4. The van der Waals surface area contributed by atoms with Gasteiger partial charge in [-0.1, -0.05) is 36.4 Å². The van der Waals surface area contributed by atoms with Crippen LogP contribution < -0.4 is 21.0 Å². The molecule has 1 aliphatic heterocycles. The van der Waals surface area contributed by atoms with Crippen molar-refractivity contribution < 1.29 is 20.0 Å². The van der Waals surface area contributed by atoms with Gasteiger partial charge in [0.05, 0.1) is 5.97 Å². The molecule has 4 rings (SSSR count). The number of carboxylic acid groups (broad SMARTS) is 1. The molecule has 0 saturated carbocycles. The van der Waals surface area contributed by atoms with Gasteiger partial charge in [-0.25, -0.2) is 0 Å². The Kier molecular flexibility index (Phi) is 3.42. The summed E-state index contributed by atoms with van der Waals surface area (Å²) < 4.78 is 6.01. The molecule has 5 nitrogen and oxygen atoms in total. The lowest BCUT2D eigenvalue weighted by Gasteiger charge is -2.36. The van der Waals surface area contributed by atoms with Gasteiger partial charge in [0.25, 0.3) is 0 Å². The van der Waals surface area contributed by atoms with Crippen LogP contribution in [-0.2, 0) is 0 Å². The largest absolute Gasteiger partial charge is 0.545 e. The number of carbonyl (C=O) groups excluding carboxylic acids is 1. The summed E-state index contributed by atoms with van der Waals surface area (Å²) in [5.41, 5.74) is 8.79. The smallest absolute Gasteiger partial charge is 0.199 e. The molecule has 2 aliphatic rings. The molecule has 5 heteroatoms. The van der Waals surface area contributed by atoms with Crippen LogP contribution in [0.15, 0.2) is 66.5 Å². The third-order valence-electron chi connectivity index (χ3n) is 4.61. The van der Waals surface area contributed by atoms with E-state index in [1.807, 2.05) is 30.4 Å². The number of nitrogen functional groups attached to an aromatic ring is 1. The van der Waals surface area contributed by atoms with E-state index in [1.165, 1.54) is 0 Å². The van der Waals surface area contributed by atoms with Gasteiger partial charge in [0.1, 0.15) is 11.5 Å². The summed E-state index contributed by atoms with van der Waals surface area (Å²) >= 11 is 0. The molecule has 2 aromatic rings. The van der Waals surface area contributed by atoms with E-state index in [4.69, 9.17) is 15.9 Å². The van der Waals surface area contributed by atoms with Gasteiger partial charge in [0, 0.05) is 46.9 Å². The van der Waals surface area contributed by atoms with Crippen molar-refractivity contribution in [2.45, 2.75) is 5.92 Å². The minimum atomic E-state index is -1.20. The van der Waals surface area contributed by atoms with Crippen molar-refractivity contribution in [1.29, 1.82) is 0 Å². The number of rotatable bonds is 2. The van der Waals surface area contributed by atoms with E-state index in [9.17, 15) is 9.90 Å². The Labute approximate surface area is 144 Å². The van der Waals surface area contributed by atoms with Crippen molar-refractivity contribution in [3.05, 3.63) is 83.1 Å². The molecule has 0 radical (unpaired) electrons. The number of carbonyl (C=O) groups is 1. The Morgan fingerprint density at radius 2 is 1.96 bits per heavy atom. The van der Waals surface area contributed by atoms with Gasteiger partial charge in [-0.15, -0.1) is 0 Å². The molecule has 1 heterocycles. The number of allylic oxidation sites excluding steroid dienone is 3. The summed E-state index contributed by atoms with van der Waals surface area (Å²) in [5.74, 6) is -0.284. The van der Waals surface area contributed by atoms with Crippen LogP contribution in [0.1, 0.15) is 27.4 Å². The van der Waals surface area contributed by atoms with E-state index in [-0.39, 0.29) is 17.4 Å². The molecular formula is C20H16N2O3. The predicted molar refractivity (Wildman–Crippen MR) is 91.7 cm³/mol. The first-order chi connectivity index (χ1) is 12.0. The Morgan fingerprint density at radius 1 is 1.16 bits per heavy atom. The zero-order valence-corrected chi connectivity index (χ0v) is 13.3. The molecule has 0 aromatic heterocycles. The van der Waals surface area contributed by atoms with Gasteiger partial charge in [-0.05, 0) is 11.6 Å². The van der Waals surface area contributed by atoms with Crippen LogP contribution >= 0.6 is 0 Å². The van der Waals surface area contributed by atoms with Gasteiger partial charge >= 0.3 is 0 Å². The summed E-state index contributed by atoms with van der Waals surface area (Å²) in [7, 11) is 0. The number of benzene rings is 2. The third-order valence-corrected chi connectivity index (χ3v) is 4.61. The first-order valence-electron chi connectivity index (χ1n) is 7.94. The van der Waals surface area contributed by atoms with Crippen molar-refractivity contribution in [1.82, 2.24) is 0 Å². The second-order valence-electron chi connectivity index (χ2n) is 6.18. The summed E-state index contributed by atoms with van der Waals surface area (Å²) in [6, 6.07) is 12.3. The fourth-order valence-electron chi connectivity index (χ4n) is 3.52. The number of nitrogens with two attached hydrogens (primary N) is 2. The van der Waals surface area contributed by atoms with Crippen molar-refractivity contribution in [2.75, 3.05) is 5.73 Å². The van der Waals surface area contributed by atoms with Gasteiger partial charge in [0.2, 0.25) is 0 Å². The van der Waals surface area contributed by atoms with Gasteiger partial charge in [0.15, 0.2) is 5.71 Å². The molecule has 2 atom stereocenters. The van der Waals surface area contributed by atoms with Crippen molar-refractivity contribution >= 4 is 17.4 Å². The normalized spacial score (nSPS) is 21.0. The Bertz CT molecular complexity index is 959. The number of carboxylic acids is 1. The van der Waals surface area contributed by atoms with E-state index < -0.39 is 5.97 Å². The maximum absolute atomic E-state index is 11.6. The topological polar surface area (TPSA) is 101 Å². The molecular weight excluding hydrogens is 316 g/mol. The number of aromatic carboxylic acids is 1. The highest BCUT2D eigenvalue weighted by Gasteiger charge is 2.37. The fourth-order valence-corrected chi connectivity index (χ4v) is 3.52. The standard InChI is InChI=1S/C20H16N2O3/c21-11-5-7-15-17(9-11)25-18-10-12(22)6-8-16(18)19(15)13-3-1-2-4-14(13)20(23)24/h1-10,15,19,21H,22H2,(H,23,24). The average molecular weight is 332 g/mol. The Balaban J connectivity index is 1.97. The first-order valence-corrected chi connectivity index (χ1v) is 7.94. The molecule has 0 fully saturated rings. The molecule has 124 valence electrons. The van der Waals surface area contributed by atoms with E-state index in [1.54, 1.807) is 30.3 Å². The third kappa shape index (κ3) is 2.50. The van der Waals surface area contributed by atoms with Crippen LogP contribution in [-0.4, -0.2) is 11.7 Å². The molecule has 1 aliphatic carbocycles. The van der Waals surface area contributed by atoms with E-state index in [0.29, 0.717) is 28.5 Å². The monoisotopic (exact) mass is 332 g/mol. The highest BCUT2D eigenvalue weighted by Crippen LogP contribution is 2.48. The van der Waals surface area contributed by atoms with E-state index in [0.717, 1.165) is 5.56 Å². The second kappa shape index (κ2) is 5.63. The molecule has 25 heavy (non-hydrogen) atoms. The summed E-state index contributed by atoms with van der Waals surface area (Å²) in [4.78, 5) is 11.6. The van der Waals surface area contributed by atoms with Gasteiger partial charge in [-0.3, -0.25) is 5.41 Å². The van der Waals surface area contributed by atoms with Crippen LogP contribution in [0.25, 0.3) is 0 Å². The number of hydrogen-bond donors (Lipinski definition) is 2. The zero-order chi connectivity index (χ0) is 17.6. The number of ether oxygens (including phenoxy) is 1. The summed E-state index contributed by atoms with van der Waals surface area (Å²) in [6.07, 6.45) is 5.53. The highest BCUT2D eigenvalue weighted by molar-refractivity contribution is 6.01. The minimum absolute atomic E-state index is 0.149. The Hall–Kier alpha value is -3.34. The maximum Gasteiger partial charge on any atom is 0.199 e. The number of fused-ring (bicyclic) bond motifs is 2. The quantitative estimate of drug-likeness (QED) is 0.779. The minimum Gasteiger partial charge on any atom is -0.545 e. The lowest BCUT2D eigenvalue weighted by Crippen LogP contribution is -2.40. The SMILES string of the molecule is Nc1ccc2c(c1)OC1=CC(=[NH2+])C=CC1C2c1ccccc1C(=O)[O-]. The summed E-state index contributed by atoms with van der Waals surface area (Å²) in [5, 5.41) is 17.5. The van der Waals surface area contributed by atoms with Crippen LogP contribution in [0, 0.1) is 5.92 Å². The Morgan fingerprint density at radius 3 is 2.76 bits per heavy atom. The molecule has 2 unspecified atom stereocenters. The molecule has 0 bridgehead atoms. The summed E-state index contributed by atoms with van der Waals surface area (Å²) in [6.45, 7) is 0. The molecule has 2 aromatic carbocycles. The van der Waals surface area contributed by atoms with Crippen LogP contribution in [0.2, 0.25) is 0 Å². The van der Waals surface area contributed by atoms with Crippen molar-refractivity contribution in [3.8, 4) is 5.75 Å². The molecule has 0 saturated heterocycles. The molecule has 0 amide bonds. The van der Waals surface area contributed by atoms with Gasteiger partial charge < -0.3 is 20.4 Å². The van der Waals surface area contributed by atoms with Crippen LogP contribution in [0.3, 0.4) is 0 Å². The second-order valence-corrected chi connectivity index (χ2v) is 6.18. The first kappa shape index (κ1) is 15.2. The molecule has 4 N–H and O–H groups in total. The zero-order valence-electron chi connectivity index (χ0n) is 13.3.